The molecule has 4 heteroatoms. The van der Waals surface area contributed by atoms with Gasteiger partial charge in [0.05, 0.1) is 0 Å². The van der Waals surface area contributed by atoms with Gasteiger partial charge in [-0.2, -0.15) is 55.9 Å². The Hall–Kier alpha value is 0.380. The van der Waals surface area contributed by atoms with Crippen LogP contribution in [0.25, 0.3) is 0 Å². The van der Waals surface area contributed by atoms with Crippen molar-refractivity contribution < 1.29 is 51.0 Å². The summed E-state index contributed by atoms with van der Waals surface area (Å²) in [5, 5.41) is 3.24. The molecule has 0 heterocycles. The number of halogens is 2. The van der Waals surface area contributed by atoms with Gasteiger partial charge in [-0.05, 0) is 8.07 Å². The third-order valence-corrected chi connectivity index (χ3v) is 8.88. The molecule has 0 amide bonds. The van der Waals surface area contributed by atoms with E-state index >= 15 is 0 Å². The molecule has 2 aromatic rings. The van der Waals surface area contributed by atoms with Gasteiger partial charge in [0.1, 0.15) is 0 Å². The van der Waals surface area contributed by atoms with Gasteiger partial charge in [0, 0.05) is 0 Å². The first-order valence-corrected chi connectivity index (χ1v) is 10.2. The van der Waals surface area contributed by atoms with Crippen LogP contribution in [-0.4, -0.2) is 8.07 Å². The molecule has 0 saturated heterocycles. The fraction of sp³-hybridized carbons (Fsp3) is 0.444. The van der Waals surface area contributed by atoms with Gasteiger partial charge in [-0.25, -0.2) is 0 Å². The molecule has 0 aliphatic rings. The number of aryl methyl sites for hydroxylation is 2. The molecule has 0 radical (unpaired) electrons. The first kappa shape index (κ1) is 24.6. The number of rotatable bonds is 2. The Morgan fingerprint density at radius 3 is 1.36 bits per heavy atom. The summed E-state index contributed by atoms with van der Waals surface area (Å²) in [6.45, 7) is 18.6. The molecule has 0 unspecified atom stereocenters. The number of hydrogen-bond donors (Lipinski definition) is 0. The van der Waals surface area contributed by atoms with Crippen molar-refractivity contribution in [1.29, 1.82) is 0 Å². The molecular formula is C18H26Cl2SiZr. The van der Waals surface area contributed by atoms with E-state index in [0.29, 0.717) is 0 Å². The first-order chi connectivity index (χ1) is 8.67. The molecule has 0 atom stereocenters. The second-order valence-electron chi connectivity index (χ2n) is 6.61. The molecule has 0 N–H and O–H groups in total. The second kappa shape index (κ2) is 8.47. The zero-order valence-electron chi connectivity index (χ0n) is 14.9. The van der Waals surface area contributed by atoms with E-state index in [1.54, 1.807) is 10.4 Å². The zero-order chi connectivity index (χ0) is 14.5. The Morgan fingerprint density at radius 1 is 0.727 bits per heavy atom. The maximum absolute atomic E-state index is 2.50. The molecule has 0 nitrogen and oxygen atoms in total. The Balaban J connectivity index is 0. The molecule has 0 fully saturated rings. The predicted molar refractivity (Wildman–Crippen MR) is 89.2 cm³/mol. The van der Waals surface area contributed by atoms with Crippen molar-refractivity contribution in [2.75, 3.05) is 0 Å². The van der Waals surface area contributed by atoms with E-state index in [4.69, 9.17) is 0 Å². The van der Waals surface area contributed by atoms with Gasteiger partial charge in [-0.1, -0.05) is 54.6 Å². The Morgan fingerprint density at radius 2 is 1.05 bits per heavy atom. The summed E-state index contributed by atoms with van der Waals surface area (Å²) in [6.07, 6.45) is 0. The second-order valence-corrected chi connectivity index (χ2v) is 10.9. The van der Waals surface area contributed by atoms with Crippen LogP contribution < -0.4 is 35.2 Å². The van der Waals surface area contributed by atoms with Crippen molar-refractivity contribution >= 4 is 18.4 Å². The monoisotopic (exact) mass is 430 g/mol. The van der Waals surface area contributed by atoms with E-state index in [-0.39, 0.29) is 51.0 Å². The first-order valence-electron chi connectivity index (χ1n) is 7.15. The average molecular weight is 433 g/mol. The third kappa shape index (κ3) is 3.89. The minimum Gasteiger partial charge on any atom is -1.00 e. The molecule has 0 aliphatic carbocycles. The zero-order valence-corrected chi connectivity index (χ0v) is 19.9. The third-order valence-electron chi connectivity index (χ3n) is 5.15. The van der Waals surface area contributed by atoms with Gasteiger partial charge < -0.3 is 24.8 Å². The van der Waals surface area contributed by atoms with E-state index in [9.17, 15) is 0 Å². The normalized spacial score (nSPS) is 10.5. The van der Waals surface area contributed by atoms with Crippen LogP contribution in [0.2, 0.25) is 13.1 Å². The quantitative estimate of drug-likeness (QED) is 0.374. The van der Waals surface area contributed by atoms with Crippen LogP contribution in [0.4, 0.5) is 0 Å². The maximum atomic E-state index is 2.50. The minimum absolute atomic E-state index is 0. The topological polar surface area (TPSA) is 0 Å². The Kier molecular flexibility index (Phi) is 9.48. The van der Waals surface area contributed by atoms with Crippen molar-refractivity contribution in [3.05, 3.63) is 45.5 Å². The van der Waals surface area contributed by atoms with Crippen molar-refractivity contribution in [1.82, 2.24) is 0 Å². The van der Waals surface area contributed by atoms with Crippen molar-refractivity contribution in [2.24, 2.45) is 0 Å². The van der Waals surface area contributed by atoms with E-state index in [2.05, 4.69) is 66.8 Å². The molecule has 2 rings (SSSR count). The van der Waals surface area contributed by atoms with Crippen LogP contribution in [0.15, 0.2) is 12.1 Å². The molecule has 0 aromatic heterocycles. The summed E-state index contributed by atoms with van der Waals surface area (Å²) in [4.78, 5) is 0. The molecule has 0 spiro atoms. The fourth-order valence-electron chi connectivity index (χ4n) is 3.40. The summed E-state index contributed by atoms with van der Waals surface area (Å²) in [5.74, 6) is 0. The van der Waals surface area contributed by atoms with E-state index in [1.165, 1.54) is 33.4 Å². The van der Waals surface area contributed by atoms with Crippen molar-refractivity contribution in [3.63, 3.8) is 0 Å². The summed E-state index contributed by atoms with van der Waals surface area (Å²) < 4.78 is 0. The van der Waals surface area contributed by atoms with E-state index in [0.717, 1.165) is 0 Å². The summed E-state index contributed by atoms with van der Waals surface area (Å²) in [6, 6.07) is 4.83. The van der Waals surface area contributed by atoms with Crippen LogP contribution in [0, 0.1) is 41.5 Å². The standard InChI is InChI=1S/C18H26Si.2ClH.Zr/c1-11-9-17(10-12(11)2)19(7,8)18-15(5)13(3)14(4)16(18)6;;;/h9-10H,1-8H3;2*1H;/q-2;;;+4/p-2. The van der Waals surface area contributed by atoms with E-state index < -0.39 is 8.07 Å². The Labute approximate surface area is 168 Å². The van der Waals surface area contributed by atoms with Crippen LogP contribution in [0.3, 0.4) is 0 Å². The van der Waals surface area contributed by atoms with Gasteiger partial charge in [0.25, 0.3) is 0 Å². The smallest absolute Gasteiger partial charge is 1.00 e. The summed E-state index contributed by atoms with van der Waals surface area (Å²) >= 11 is 0. The van der Waals surface area contributed by atoms with Crippen LogP contribution >= 0.6 is 0 Å². The van der Waals surface area contributed by atoms with Gasteiger partial charge in [0.2, 0.25) is 0 Å². The van der Waals surface area contributed by atoms with Gasteiger partial charge in [0.15, 0.2) is 0 Å². The SMILES string of the molecule is Cc1c[c-]([Si](C)(C)[c-]2c(C)c(C)c(C)c2C)cc1C.[Cl-].[Cl-].[Zr+4]. The maximum Gasteiger partial charge on any atom is 4.00 e. The largest absolute Gasteiger partial charge is 4.00 e. The molecular weight excluding hydrogens is 406 g/mol. The van der Waals surface area contributed by atoms with Crippen molar-refractivity contribution in [3.8, 4) is 0 Å². The van der Waals surface area contributed by atoms with Crippen LogP contribution in [0.1, 0.15) is 33.4 Å². The van der Waals surface area contributed by atoms with Crippen LogP contribution in [-0.2, 0) is 26.2 Å². The van der Waals surface area contributed by atoms with E-state index in [1.807, 2.05) is 0 Å². The molecule has 0 saturated carbocycles. The molecule has 120 valence electrons. The molecule has 22 heavy (non-hydrogen) atoms. The Bertz CT molecular complexity index is 591. The summed E-state index contributed by atoms with van der Waals surface area (Å²) in [5.41, 5.74) is 8.92. The average Bonchev–Trinajstić information content (AvgIpc) is 2.75. The van der Waals surface area contributed by atoms with Crippen molar-refractivity contribution in [2.45, 2.75) is 54.6 Å². The van der Waals surface area contributed by atoms with Crippen LogP contribution in [0.5, 0.6) is 0 Å². The minimum atomic E-state index is -1.57. The fourth-order valence-corrected chi connectivity index (χ4v) is 7.09. The molecule has 0 aliphatic heterocycles. The molecule has 0 bridgehead atoms. The van der Waals surface area contributed by atoms with Gasteiger partial charge in [-0.3, -0.25) is 0 Å². The summed E-state index contributed by atoms with van der Waals surface area (Å²) in [7, 11) is -1.57. The predicted octanol–water partition coefficient (Wildman–Crippen LogP) is -2.20. The number of hydrogen-bond acceptors (Lipinski definition) is 0. The molecule has 2 aromatic carbocycles. The van der Waals surface area contributed by atoms with Gasteiger partial charge in [-0.15, -0.1) is 0 Å². The van der Waals surface area contributed by atoms with Gasteiger partial charge >= 0.3 is 26.2 Å².